The van der Waals surface area contributed by atoms with Crippen molar-refractivity contribution in [3.63, 3.8) is 0 Å². The summed E-state index contributed by atoms with van der Waals surface area (Å²) in [4.78, 5) is 0. The molecule has 5 aliphatic rings. The molecule has 0 radical (unpaired) electrons. The fourth-order valence-corrected chi connectivity index (χ4v) is 1.61. The van der Waals surface area contributed by atoms with E-state index in [0.717, 1.165) is 5.92 Å². The van der Waals surface area contributed by atoms with Crippen molar-refractivity contribution in [3.05, 3.63) is 0 Å². The van der Waals surface area contributed by atoms with Gasteiger partial charge < -0.3 is 0 Å². The second kappa shape index (κ2) is 126. The summed E-state index contributed by atoms with van der Waals surface area (Å²) in [5.41, 5.74) is 0. The fourth-order valence-electron chi connectivity index (χ4n) is 1.61. The molecule has 41 heavy (non-hydrogen) atoms. The summed E-state index contributed by atoms with van der Waals surface area (Å²) in [7, 11) is 0. The van der Waals surface area contributed by atoms with Crippen LogP contribution < -0.4 is 0 Å². The van der Waals surface area contributed by atoms with Crippen molar-refractivity contribution < 1.29 is 0 Å². The minimum Gasteiger partial charge on any atom is -0.0776 e. The van der Waals surface area contributed by atoms with E-state index in [1.165, 1.54) is 122 Å². The Morgan fingerprint density at radius 1 is 0.220 bits per heavy atom. The molecule has 0 nitrogen and oxygen atoms in total. The Morgan fingerprint density at radius 2 is 0.293 bits per heavy atom. The van der Waals surface area contributed by atoms with Gasteiger partial charge in [0.1, 0.15) is 0 Å². The first-order valence-corrected chi connectivity index (χ1v) is 16.4. The molecule has 0 aromatic heterocycles. The topological polar surface area (TPSA) is 0 Å². The summed E-state index contributed by atoms with van der Waals surface area (Å²) in [5, 5.41) is 0. The molecular formula is C41H110. The van der Waals surface area contributed by atoms with E-state index < -0.39 is 0 Å². The van der Waals surface area contributed by atoms with Crippen LogP contribution in [0.2, 0.25) is 0 Å². The van der Waals surface area contributed by atoms with Gasteiger partial charge in [0, 0.05) is 0 Å². The molecule has 0 aromatic carbocycles. The van der Waals surface area contributed by atoms with Crippen LogP contribution in [0, 0.1) is 5.92 Å². The summed E-state index contributed by atoms with van der Waals surface area (Å²) in [6.45, 7) is 26.3. The van der Waals surface area contributed by atoms with Crippen molar-refractivity contribution in [2.75, 3.05) is 0 Å². The summed E-state index contributed by atoms with van der Waals surface area (Å²) in [5.74, 6) is 1.06. The highest BCUT2D eigenvalue weighted by atomic mass is 14.1. The van der Waals surface area contributed by atoms with Crippen LogP contribution in [0.1, 0.15) is 271 Å². The van der Waals surface area contributed by atoms with Crippen molar-refractivity contribution >= 4 is 0 Å². The lowest BCUT2D eigenvalue weighted by molar-refractivity contribution is 0.346. The summed E-state index contributed by atoms with van der Waals surface area (Å²) < 4.78 is 0. The normalized spacial score (nSPS) is 13.4. The maximum atomic E-state index is 2.31. The van der Waals surface area contributed by atoms with Gasteiger partial charge in [-0.25, -0.2) is 0 Å². The van der Waals surface area contributed by atoms with Crippen LogP contribution in [-0.2, 0) is 0 Å². The Labute approximate surface area is 276 Å². The molecule has 0 atom stereocenters. The highest BCUT2D eigenvalue weighted by molar-refractivity contribution is 4.62. The van der Waals surface area contributed by atoms with E-state index in [0.29, 0.717) is 0 Å². The molecule has 0 saturated heterocycles. The van der Waals surface area contributed by atoms with Gasteiger partial charge in [0.15, 0.2) is 0 Å². The van der Waals surface area contributed by atoms with Crippen LogP contribution in [0.3, 0.4) is 0 Å². The first-order valence-electron chi connectivity index (χ1n) is 16.4. The Balaban J connectivity index is -0.0000000163. The standard InChI is InChI=1S/C5H10.4C4H8.6C2H6.8CH4/c1-5-3-2-4-5;4*1-2-4-3-1;6*1-2;;;;;;;;/h5H,2-4H2,1H3;4*1-4H2;6*1-2H3;8*1H4. The molecule has 0 heteroatoms. The van der Waals surface area contributed by atoms with E-state index in [1.807, 2.05) is 83.1 Å². The van der Waals surface area contributed by atoms with Gasteiger partial charge in [0.05, 0.1) is 0 Å². The van der Waals surface area contributed by atoms with Crippen LogP contribution >= 0.6 is 0 Å². The van der Waals surface area contributed by atoms with Gasteiger partial charge in [-0.05, 0) is 5.92 Å². The van der Waals surface area contributed by atoms with Crippen molar-refractivity contribution in [2.24, 2.45) is 5.92 Å². The first-order chi connectivity index (χ1) is 16.4. The van der Waals surface area contributed by atoms with Gasteiger partial charge in [-0.3, -0.25) is 0 Å². The van der Waals surface area contributed by atoms with Crippen LogP contribution in [0.5, 0.6) is 0 Å². The van der Waals surface area contributed by atoms with Gasteiger partial charge in [0.2, 0.25) is 0 Å². The molecule has 0 unspecified atom stereocenters. The maximum absolute atomic E-state index is 2.31. The minimum absolute atomic E-state index is 0. The average Bonchev–Trinajstić information content (AvgIpc) is 2.71. The Bertz CT molecular complexity index is 128. The van der Waals surface area contributed by atoms with E-state index in [4.69, 9.17) is 0 Å². The van der Waals surface area contributed by atoms with Gasteiger partial charge in [-0.1, -0.05) is 271 Å². The Kier molecular flexibility index (Phi) is 276. The van der Waals surface area contributed by atoms with Crippen LogP contribution in [0.25, 0.3) is 0 Å². The maximum Gasteiger partial charge on any atom is -0.0443 e. The molecule has 0 bridgehead atoms. The van der Waals surface area contributed by atoms with Crippen molar-refractivity contribution in [1.29, 1.82) is 0 Å². The SMILES string of the molecule is C.C.C.C.C.C.C.C.C1CCC1.C1CCC1.C1CCC1.C1CCC1.CC.CC.CC.CC.CC.CC.CC1CCC1. The zero-order chi connectivity index (χ0) is 27.0. The number of hydrogen-bond donors (Lipinski definition) is 0. The van der Waals surface area contributed by atoms with Gasteiger partial charge in [-0.2, -0.15) is 0 Å². The zero-order valence-corrected chi connectivity index (χ0v) is 27.0. The lowest BCUT2D eigenvalue weighted by atomic mass is 9.88. The van der Waals surface area contributed by atoms with E-state index in [2.05, 4.69) is 6.92 Å². The number of rotatable bonds is 0. The van der Waals surface area contributed by atoms with Crippen molar-refractivity contribution in [1.82, 2.24) is 0 Å². The summed E-state index contributed by atoms with van der Waals surface area (Å²) in [6, 6.07) is 0. The largest absolute Gasteiger partial charge is 0.0776 e. The molecular weight excluding hydrogens is 492 g/mol. The van der Waals surface area contributed by atoms with Crippen molar-refractivity contribution in [3.8, 4) is 0 Å². The molecule has 0 heterocycles. The molecule has 0 aromatic rings. The molecule has 5 saturated carbocycles. The van der Waals surface area contributed by atoms with Crippen molar-refractivity contribution in [2.45, 2.75) is 271 Å². The monoisotopic (exact) mass is 603 g/mol. The Hall–Kier alpha value is 0. The minimum atomic E-state index is 0. The highest BCUT2D eigenvalue weighted by Crippen LogP contribution is 2.24. The molecule has 5 aliphatic carbocycles. The third kappa shape index (κ3) is 119. The van der Waals surface area contributed by atoms with Crippen LogP contribution in [0.4, 0.5) is 0 Å². The molecule has 0 N–H and O–H groups in total. The predicted octanol–water partition coefficient (Wildman–Crippen LogP) is 19.3. The predicted molar refractivity (Wildman–Crippen MR) is 219 cm³/mol. The lowest BCUT2D eigenvalue weighted by Gasteiger charge is -2.18. The second-order valence-corrected chi connectivity index (χ2v) is 7.69. The van der Waals surface area contributed by atoms with Gasteiger partial charge in [-0.15, -0.1) is 0 Å². The van der Waals surface area contributed by atoms with E-state index in [-0.39, 0.29) is 59.4 Å². The lowest BCUT2D eigenvalue weighted by Crippen LogP contribution is -2.04. The van der Waals surface area contributed by atoms with Gasteiger partial charge in [0.25, 0.3) is 0 Å². The zero-order valence-electron chi connectivity index (χ0n) is 27.0. The third-order valence-corrected chi connectivity index (χ3v) is 5.39. The molecule has 0 spiro atoms. The van der Waals surface area contributed by atoms with E-state index in [1.54, 1.807) is 0 Å². The van der Waals surface area contributed by atoms with E-state index >= 15 is 0 Å². The summed E-state index contributed by atoms with van der Waals surface area (Å²) in [6.07, 6.45) is 28.5. The quantitative estimate of drug-likeness (QED) is 0.259. The van der Waals surface area contributed by atoms with Crippen LogP contribution in [-0.4, -0.2) is 0 Å². The smallest absolute Gasteiger partial charge is 0.0443 e. The average molecular weight is 603 g/mol. The second-order valence-electron chi connectivity index (χ2n) is 7.69. The van der Waals surface area contributed by atoms with Gasteiger partial charge >= 0.3 is 0 Å². The van der Waals surface area contributed by atoms with E-state index in [9.17, 15) is 0 Å². The number of hydrogen-bond acceptors (Lipinski definition) is 0. The molecule has 274 valence electrons. The fraction of sp³-hybridized carbons (Fsp3) is 1.00. The third-order valence-electron chi connectivity index (χ3n) is 5.39. The molecule has 5 rings (SSSR count). The highest BCUT2D eigenvalue weighted by Gasteiger charge is 2.09. The van der Waals surface area contributed by atoms with Crippen LogP contribution in [0.15, 0.2) is 0 Å². The molecule has 5 fully saturated rings. The molecule has 0 amide bonds. The summed E-state index contributed by atoms with van der Waals surface area (Å²) >= 11 is 0. The first kappa shape index (κ1) is 90.0. The molecule has 0 aliphatic heterocycles. The Morgan fingerprint density at radius 3 is 0.293 bits per heavy atom.